The van der Waals surface area contributed by atoms with Crippen molar-refractivity contribution >= 4 is 17.5 Å². The molecule has 0 spiro atoms. The van der Waals surface area contributed by atoms with Crippen molar-refractivity contribution in [1.82, 2.24) is 4.98 Å². The van der Waals surface area contributed by atoms with Crippen molar-refractivity contribution in [3.8, 4) is 0 Å². The van der Waals surface area contributed by atoms with Gasteiger partial charge in [-0.3, -0.25) is 0 Å². The number of rotatable bonds is 5. The zero-order valence-corrected chi connectivity index (χ0v) is 12.2. The van der Waals surface area contributed by atoms with E-state index in [1.807, 2.05) is 36.2 Å². The van der Waals surface area contributed by atoms with Crippen LogP contribution in [0.5, 0.6) is 0 Å². The molecule has 0 radical (unpaired) electrons. The normalized spacial score (nSPS) is 10.2. The smallest absolute Gasteiger partial charge is 0.341 e. The predicted molar refractivity (Wildman–Crippen MR) is 83.2 cm³/mol. The van der Waals surface area contributed by atoms with Crippen molar-refractivity contribution in [1.29, 1.82) is 0 Å². The first-order chi connectivity index (χ1) is 10.1. The Kier molecular flexibility index (Phi) is 4.77. The fourth-order valence-corrected chi connectivity index (χ4v) is 2.08. The Labute approximate surface area is 124 Å². The molecule has 0 aliphatic carbocycles. The highest BCUT2D eigenvalue weighted by molar-refractivity contribution is 5.94. The molecule has 2 aromatic rings. The maximum absolute atomic E-state index is 12.0. The van der Waals surface area contributed by atoms with Crippen molar-refractivity contribution in [3.05, 3.63) is 53.7 Å². The van der Waals surface area contributed by atoms with E-state index >= 15 is 0 Å². The van der Waals surface area contributed by atoms with Crippen LogP contribution in [0.2, 0.25) is 0 Å². The van der Waals surface area contributed by atoms with Crippen LogP contribution in [-0.2, 0) is 11.3 Å². The van der Waals surface area contributed by atoms with E-state index in [4.69, 9.17) is 10.5 Å². The number of aromatic nitrogens is 1. The summed E-state index contributed by atoms with van der Waals surface area (Å²) in [5, 5.41) is 0. The molecule has 0 amide bonds. The summed E-state index contributed by atoms with van der Waals surface area (Å²) in [6.07, 6.45) is 1.66. The van der Waals surface area contributed by atoms with Gasteiger partial charge in [-0.2, -0.15) is 0 Å². The van der Waals surface area contributed by atoms with Gasteiger partial charge in [-0.15, -0.1) is 0 Å². The number of benzene rings is 1. The maximum Gasteiger partial charge on any atom is 0.341 e. The van der Waals surface area contributed by atoms with E-state index in [1.165, 1.54) is 0 Å². The summed E-state index contributed by atoms with van der Waals surface area (Å²) < 4.78 is 5.06. The number of carbonyl (C=O) groups excluding carboxylic acids is 1. The van der Waals surface area contributed by atoms with Gasteiger partial charge in [-0.1, -0.05) is 18.2 Å². The third-order valence-electron chi connectivity index (χ3n) is 3.11. The summed E-state index contributed by atoms with van der Waals surface area (Å²) in [4.78, 5) is 18.2. The number of nitrogen functional groups attached to an aromatic ring is 1. The zero-order chi connectivity index (χ0) is 15.2. The van der Waals surface area contributed by atoms with Crippen LogP contribution in [0.3, 0.4) is 0 Å². The van der Waals surface area contributed by atoms with E-state index in [9.17, 15) is 4.79 Å². The highest BCUT2D eigenvalue weighted by Gasteiger charge is 2.17. The van der Waals surface area contributed by atoms with Crippen LogP contribution in [-0.4, -0.2) is 24.6 Å². The standard InChI is InChI=1S/C16H19N3O2/c1-3-21-16(20)13-8-6-10-18-15(13)19(2)11-12-7-4-5-9-14(12)17/h4-10H,3,11,17H2,1-2H3. The van der Waals surface area contributed by atoms with Gasteiger partial charge < -0.3 is 15.4 Å². The van der Waals surface area contributed by atoms with Crippen LogP contribution in [0.4, 0.5) is 11.5 Å². The van der Waals surface area contributed by atoms with Crippen molar-refractivity contribution in [3.63, 3.8) is 0 Å². The highest BCUT2D eigenvalue weighted by Crippen LogP contribution is 2.21. The van der Waals surface area contributed by atoms with Crippen molar-refractivity contribution in [2.75, 3.05) is 24.3 Å². The molecule has 110 valence electrons. The van der Waals surface area contributed by atoms with E-state index in [2.05, 4.69) is 4.98 Å². The quantitative estimate of drug-likeness (QED) is 0.675. The summed E-state index contributed by atoms with van der Waals surface area (Å²) in [5.74, 6) is 0.215. The number of anilines is 2. The summed E-state index contributed by atoms with van der Waals surface area (Å²) in [5.41, 5.74) is 8.12. The average Bonchev–Trinajstić information content (AvgIpc) is 2.50. The first-order valence-corrected chi connectivity index (χ1v) is 6.80. The number of nitrogens with zero attached hydrogens (tertiary/aromatic N) is 2. The number of carbonyl (C=O) groups is 1. The second-order valence-electron chi connectivity index (χ2n) is 4.65. The molecule has 1 aromatic heterocycles. The molecule has 2 rings (SSSR count). The zero-order valence-electron chi connectivity index (χ0n) is 12.2. The van der Waals surface area contributed by atoms with E-state index in [-0.39, 0.29) is 5.97 Å². The van der Waals surface area contributed by atoms with Crippen LogP contribution < -0.4 is 10.6 Å². The van der Waals surface area contributed by atoms with Gasteiger partial charge in [0, 0.05) is 25.5 Å². The predicted octanol–water partition coefficient (Wildman–Crippen LogP) is 2.48. The summed E-state index contributed by atoms with van der Waals surface area (Å²) in [7, 11) is 1.87. The van der Waals surface area contributed by atoms with Crippen LogP contribution >= 0.6 is 0 Å². The number of hydrogen-bond donors (Lipinski definition) is 1. The fraction of sp³-hybridized carbons (Fsp3) is 0.250. The molecule has 0 unspecified atom stereocenters. The molecule has 0 saturated heterocycles. The second kappa shape index (κ2) is 6.74. The lowest BCUT2D eigenvalue weighted by molar-refractivity contribution is 0.0526. The molecular weight excluding hydrogens is 266 g/mol. The lowest BCUT2D eigenvalue weighted by atomic mass is 10.1. The number of esters is 1. The molecule has 0 atom stereocenters. The Balaban J connectivity index is 2.25. The fourth-order valence-electron chi connectivity index (χ4n) is 2.08. The second-order valence-corrected chi connectivity index (χ2v) is 4.65. The largest absolute Gasteiger partial charge is 0.462 e. The maximum atomic E-state index is 12.0. The Morgan fingerprint density at radius 3 is 2.76 bits per heavy atom. The summed E-state index contributed by atoms with van der Waals surface area (Å²) in [6, 6.07) is 11.1. The Morgan fingerprint density at radius 2 is 2.05 bits per heavy atom. The van der Waals surface area contributed by atoms with Crippen molar-refractivity contribution < 1.29 is 9.53 Å². The van der Waals surface area contributed by atoms with Gasteiger partial charge in [0.25, 0.3) is 0 Å². The molecule has 2 N–H and O–H groups in total. The van der Waals surface area contributed by atoms with E-state index < -0.39 is 0 Å². The molecule has 1 aromatic carbocycles. The Bertz CT molecular complexity index is 628. The lowest BCUT2D eigenvalue weighted by Gasteiger charge is -2.21. The molecule has 5 nitrogen and oxygen atoms in total. The number of hydrogen-bond acceptors (Lipinski definition) is 5. The average molecular weight is 285 g/mol. The van der Waals surface area contributed by atoms with Gasteiger partial charge in [0.2, 0.25) is 0 Å². The minimum atomic E-state index is -0.367. The number of ether oxygens (including phenoxy) is 1. The number of para-hydroxylation sites is 1. The molecule has 21 heavy (non-hydrogen) atoms. The van der Waals surface area contributed by atoms with E-state index in [0.29, 0.717) is 24.5 Å². The van der Waals surface area contributed by atoms with Crippen LogP contribution in [0, 0.1) is 0 Å². The van der Waals surface area contributed by atoms with Gasteiger partial charge in [0.1, 0.15) is 11.4 Å². The molecule has 5 heteroatoms. The molecule has 1 heterocycles. The first-order valence-electron chi connectivity index (χ1n) is 6.80. The highest BCUT2D eigenvalue weighted by atomic mass is 16.5. The van der Waals surface area contributed by atoms with Gasteiger partial charge in [-0.05, 0) is 30.7 Å². The van der Waals surface area contributed by atoms with Crippen molar-refractivity contribution in [2.24, 2.45) is 0 Å². The molecule has 0 aliphatic heterocycles. The van der Waals surface area contributed by atoms with Crippen molar-refractivity contribution in [2.45, 2.75) is 13.5 Å². The Morgan fingerprint density at radius 1 is 1.29 bits per heavy atom. The van der Waals surface area contributed by atoms with Crippen LogP contribution in [0.25, 0.3) is 0 Å². The monoisotopic (exact) mass is 285 g/mol. The van der Waals surface area contributed by atoms with Gasteiger partial charge in [-0.25, -0.2) is 9.78 Å². The molecule has 0 fully saturated rings. The van der Waals surface area contributed by atoms with Crippen LogP contribution in [0.15, 0.2) is 42.6 Å². The summed E-state index contributed by atoms with van der Waals surface area (Å²) >= 11 is 0. The Hall–Kier alpha value is -2.56. The van der Waals surface area contributed by atoms with Crippen LogP contribution in [0.1, 0.15) is 22.8 Å². The minimum Gasteiger partial charge on any atom is -0.462 e. The van der Waals surface area contributed by atoms with E-state index in [1.54, 1.807) is 25.3 Å². The minimum absolute atomic E-state index is 0.336. The molecule has 0 bridgehead atoms. The molecular formula is C16H19N3O2. The third kappa shape index (κ3) is 3.51. The first kappa shape index (κ1) is 14.8. The lowest BCUT2D eigenvalue weighted by Crippen LogP contribution is -2.22. The number of pyridine rings is 1. The third-order valence-corrected chi connectivity index (χ3v) is 3.11. The van der Waals surface area contributed by atoms with E-state index in [0.717, 1.165) is 11.3 Å². The molecule has 0 aliphatic rings. The molecule has 0 saturated carbocycles. The number of nitrogens with two attached hydrogens (primary N) is 1. The van der Waals surface area contributed by atoms with Gasteiger partial charge in [0.15, 0.2) is 0 Å². The SMILES string of the molecule is CCOC(=O)c1cccnc1N(C)Cc1ccccc1N. The van der Waals surface area contributed by atoms with Gasteiger partial charge in [0.05, 0.1) is 6.61 Å². The topological polar surface area (TPSA) is 68.5 Å². The summed E-state index contributed by atoms with van der Waals surface area (Å²) in [6.45, 7) is 2.68. The van der Waals surface area contributed by atoms with Gasteiger partial charge >= 0.3 is 5.97 Å².